The first-order valence-corrected chi connectivity index (χ1v) is 8.17. The summed E-state index contributed by atoms with van der Waals surface area (Å²) in [4.78, 5) is 8.33. The fraction of sp³-hybridized carbons (Fsp3) is 0.714. The first-order chi connectivity index (χ1) is 9.54. The summed E-state index contributed by atoms with van der Waals surface area (Å²) in [6, 6.07) is 0.562. The minimum absolute atomic E-state index is 0.444. The van der Waals surface area contributed by atoms with Crippen LogP contribution in [0.3, 0.4) is 0 Å². The third-order valence-electron chi connectivity index (χ3n) is 3.80. The van der Waals surface area contributed by atoms with Crippen molar-refractivity contribution >= 4 is 16.3 Å². The van der Waals surface area contributed by atoms with Crippen molar-refractivity contribution in [2.24, 2.45) is 0 Å². The predicted octanol–water partition coefficient (Wildman–Crippen LogP) is 2.02. The number of rotatable bonds is 3. The Kier molecular flexibility index (Phi) is 3.79. The lowest BCUT2D eigenvalue weighted by Crippen LogP contribution is -2.48. The molecule has 6 heteroatoms. The van der Waals surface area contributed by atoms with Crippen molar-refractivity contribution in [3.8, 4) is 0 Å². The summed E-state index contributed by atoms with van der Waals surface area (Å²) in [6.07, 6.45) is 0. The number of imidazole rings is 1. The molecule has 1 N–H and O–H groups in total. The molecule has 0 spiro atoms. The Morgan fingerprint density at radius 2 is 2.25 bits per heavy atom. The van der Waals surface area contributed by atoms with Crippen molar-refractivity contribution in [3.63, 3.8) is 0 Å². The minimum atomic E-state index is 0.444. The zero-order chi connectivity index (χ0) is 14.3. The van der Waals surface area contributed by atoms with E-state index in [-0.39, 0.29) is 0 Å². The predicted molar refractivity (Wildman–Crippen MR) is 82.4 cm³/mol. The van der Waals surface area contributed by atoms with Gasteiger partial charge in [0.2, 0.25) is 4.96 Å². The number of aryl methyl sites for hydroxylation is 1. The van der Waals surface area contributed by atoms with Gasteiger partial charge < -0.3 is 5.32 Å². The largest absolute Gasteiger partial charge is 0.312 e. The number of hydrogen-bond donors (Lipinski definition) is 1. The fourth-order valence-electron chi connectivity index (χ4n) is 2.88. The molecule has 5 nitrogen and oxygen atoms in total. The Morgan fingerprint density at radius 1 is 1.45 bits per heavy atom. The molecule has 0 saturated carbocycles. The van der Waals surface area contributed by atoms with Crippen LogP contribution in [0, 0.1) is 6.92 Å². The second-order valence-electron chi connectivity index (χ2n) is 6.00. The van der Waals surface area contributed by atoms with E-state index in [1.54, 1.807) is 11.3 Å². The zero-order valence-electron chi connectivity index (χ0n) is 12.7. The van der Waals surface area contributed by atoms with Crippen LogP contribution in [0.1, 0.15) is 43.1 Å². The molecule has 0 bridgehead atoms. The average Bonchev–Trinajstić information content (AvgIpc) is 2.87. The summed E-state index contributed by atoms with van der Waals surface area (Å²) in [7, 11) is 0. The quantitative estimate of drug-likeness (QED) is 0.940. The Hall–Kier alpha value is -0.980. The van der Waals surface area contributed by atoms with E-state index in [2.05, 4.69) is 40.6 Å². The molecule has 1 atom stereocenters. The van der Waals surface area contributed by atoms with E-state index in [0.717, 1.165) is 36.1 Å². The number of aromatic nitrogens is 3. The van der Waals surface area contributed by atoms with Crippen molar-refractivity contribution in [1.82, 2.24) is 24.8 Å². The topological polar surface area (TPSA) is 45.5 Å². The van der Waals surface area contributed by atoms with Gasteiger partial charge in [-0.05, 0) is 19.8 Å². The summed E-state index contributed by atoms with van der Waals surface area (Å²) in [5.41, 5.74) is 2.48. The highest BCUT2D eigenvalue weighted by molar-refractivity contribution is 7.16. The van der Waals surface area contributed by atoms with Crippen molar-refractivity contribution in [3.05, 3.63) is 16.4 Å². The Morgan fingerprint density at radius 3 is 2.95 bits per heavy atom. The number of nitrogens with one attached hydrogen (secondary N) is 1. The average molecular weight is 293 g/mol. The second-order valence-corrected chi connectivity index (χ2v) is 7.16. The van der Waals surface area contributed by atoms with Gasteiger partial charge in [0.1, 0.15) is 5.01 Å². The van der Waals surface area contributed by atoms with Crippen LogP contribution in [0.15, 0.2) is 0 Å². The van der Waals surface area contributed by atoms with Gasteiger partial charge in [0, 0.05) is 32.2 Å². The van der Waals surface area contributed by atoms with E-state index >= 15 is 0 Å². The van der Waals surface area contributed by atoms with Gasteiger partial charge in [-0.1, -0.05) is 25.2 Å². The molecular weight excluding hydrogens is 270 g/mol. The van der Waals surface area contributed by atoms with E-state index < -0.39 is 0 Å². The van der Waals surface area contributed by atoms with Gasteiger partial charge in [0.25, 0.3) is 0 Å². The van der Waals surface area contributed by atoms with E-state index in [4.69, 9.17) is 4.98 Å². The molecule has 1 saturated heterocycles. The highest BCUT2D eigenvalue weighted by Crippen LogP contribution is 2.25. The van der Waals surface area contributed by atoms with Crippen LogP contribution in [0.25, 0.3) is 4.96 Å². The van der Waals surface area contributed by atoms with Crippen LogP contribution in [0.5, 0.6) is 0 Å². The van der Waals surface area contributed by atoms with Crippen LogP contribution < -0.4 is 5.32 Å². The van der Waals surface area contributed by atoms with Gasteiger partial charge in [0.05, 0.1) is 11.4 Å². The zero-order valence-corrected chi connectivity index (χ0v) is 13.5. The number of piperazine rings is 1. The van der Waals surface area contributed by atoms with Crippen molar-refractivity contribution in [2.75, 3.05) is 19.6 Å². The maximum atomic E-state index is 4.79. The lowest BCUT2D eigenvalue weighted by Gasteiger charge is -2.31. The van der Waals surface area contributed by atoms with Crippen molar-refractivity contribution in [1.29, 1.82) is 0 Å². The number of fused-ring (bicyclic) bond motifs is 1. The van der Waals surface area contributed by atoms with Gasteiger partial charge >= 0.3 is 0 Å². The standard InChI is InChI=1S/C14H23N5S/c1-9(2)13-12(8-18-6-5-15-10(3)7-18)19-14(16-13)20-11(4)17-19/h9-10,15H,5-8H2,1-4H3/t10-/m1/s1. The SMILES string of the molecule is Cc1nn2c(CN3CCN[C@H](C)C3)c(C(C)C)nc2s1. The first-order valence-electron chi connectivity index (χ1n) is 7.35. The van der Waals surface area contributed by atoms with Crippen molar-refractivity contribution < 1.29 is 0 Å². The summed E-state index contributed by atoms with van der Waals surface area (Å²) in [5.74, 6) is 0.444. The van der Waals surface area contributed by atoms with Gasteiger partial charge in [-0.15, -0.1) is 0 Å². The molecule has 0 aliphatic carbocycles. The molecule has 3 heterocycles. The molecule has 1 aliphatic heterocycles. The van der Waals surface area contributed by atoms with E-state index in [1.165, 1.54) is 11.4 Å². The van der Waals surface area contributed by atoms with Gasteiger partial charge in [-0.2, -0.15) is 5.10 Å². The molecule has 0 unspecified atom stereocenters. The highest BCUT2D eigenvalue weighted by atomic mass is 32.1. The van der Waals surface area contributed by atoms with Crippen LogP contribution in [0.2, 0.25) is 0 Å². The van der Waals surface area contributed by atoms with E-state index in [9.17, 15) is 0 Å². The molecule has 0 radical (unpaired) electrons. The normalized spacial score (nSPS) is 21.1. The Balaban J connectivity index is 1.93. The van der Waals surface area contributed by atoms with Crippen LogP contribution in [-0.4, -0.2) is 45.2 Å². The first kappa shape index (κ1) is 14.0. The number of nitrogens with zero attached hydrogens (tertiary/aromatic N) is 4. The summed E-state index contributed by atoms with van der Waals surface area (Å²) >= 11 is 1.68. The van der Waals surface area contributed by atoms with Crippen LogP contribution in [-0.2, 0) is 6.54 Å². The number of hydrogen-bond acceptors (Lipinski definition) is 5. The summed E-state index contributed by atoms with van der Waals surface area (Å²) in [6.45, 7) is 12.9. The minimum Gasteiger partial charge on any atom is -0.312 e. The fourth-order valence-corrected chi connectivity index (χ4v) is 3.65. The molecule has 3 rings (SSSR count). The summed E-state index contributed by atoms with van der Waals surface area (Å²) < 4.78 is 2.06. The maximum absolute atomic E-state index is 4.79. The van der Waals surface area contributed by atoms with Gasteiger partial charge in [-0.3, -0.25) is 4.90 Å². The molecule has 1 fully saturated rings. The smallest absolute Gasteiger partial charge is 0.212 e. The molecule has 20 heavy (non-hydrogen) atoms. The molecule has 1 aliphatic rings. The highest BCUT2D eigenvalue weighted by Gasteiger charge is 2.22. The second kappa shape index (κ2) is 5.42. The van der Waals surface area contributed by atoms with Gasteiger partial charge in [0.15, 0.2) is 0 Å². The van der Waals surface area contributed by atoms with Crippen LogP contribution >= 0.6 is 11.3 Å². The Bertz CT molecular complexity index is 600. The lowest BCUT2D eigenvalue weighted by molar-refractivity contribution is 0.196. The van der Waals surface area contributed by atoms with Gasteiger partial charge in [-0.25, -0.2) is 9.50 Å². The van der Waals surface area contributed by atoms with Crippen LogP contribution in [0.4, 0.5) is 0 Å². The third kappa shape index (κ3) is 2.60. The van der Waals surface area contributed by atoms with Crippen molar-refractivity contribution in [2.45, 2.75) is 46.2 Å². The third-order valence-corrected chi connectivity index (χ3v) is 4.63. The molecular formula is C14H23N5S. The molecule has 110 valence electrons. The molecule has 2 aromatic heterocycles. The summed E-state index contributed by atoms with van der Waals surface area (Å²) in [5, 5.41) is 9.20. The van der Waals surface area contributed by atoms with E-state index in [1.807, 2.05) is 6.92 Å². The molecule has 0 amide bonds. The maximum Gasteiger partial charge on any atom is 0.212 e. The molecule has 2 aromatic rings. The lowest BCUT2D eigenvalue weighted by atomic mass is 10.1. The molecule has 0 aromatic carbocycles. The Labute approximate surface area is 124 Å². The van der Waals surface area contributed by atoms with E-state index in [0.29, 0.717) is 12.0 Å². The monoisotopic (exact) mass is 293 g/mol.